The van der Waals surface area contributed by atoms with Gasteiger partial charge in [0.25, 0.3) is 0 Å². The van der Waals surface area contributed by atoms with E-state index in [-0.39, 0.29) is 12.4 Å². The van der Waals surface area contributed by atoms with Crippen molar-refractivity contribution < 1.29 is 9.53 Å². The lowest BCUT2D eigenvalue weighted by molar-refractivity contribution is 0.0719. The van der Waals surface area contributed by atoms with E-state index in [9.17, 15) is 4.79 Å². The van der Waals surface area contributed by atoms with Crippen molar-refractivity contribution in [3.8, 4) is 0 Å². The Bertz CT molecular complexity index is 548. The summed E-state index contributed by atoms with van der Waals surface area (Å²) < 4.78 is 7.18. The van der Waals surface area contributed by atoms with Crippen molar-refractivity contribution in [3.63, 3.8) is 0 Å². The standard InChI is InChI=1S/C14H14ClNO2/c1-16-7-3-6-13(16)14(17)10-18-9-11-4-2-5-12(15)8-11/h2-8H,9-10H2,1H3. The second-order valence-electron chi connectivity index (χ2n) is 4.05. The molecule has 2 aromatic rings. The van der Waals surface area contributed by atoms with Gasteiger partial charge in [0.2, 0.25) is 5.78 Å². The molecule has 0 atom stereocenters. The minimum absolute atomic E-state index is 0.0236. The van der Waals surface area contributed by atoms with Crippen LogP contribution in [0.4, 0.5) is 0 Å². The van der Waals surface area contributed by atoms with Crippen molar-refractivity contribution in [1.29, 1.82) is 0 Å². The summed E-state index contributed by atoms with van der Waals surface area (Å²) >= 11 is 5.86. The molecule has 0 aliphatic heterocycles. The Morgan fingerprint density at radius 1 is 1.33 bits per heavy atom. The molecule has 94 valence electrons. The van der Waals surface area contributed by atoms with Crippen molar-refractivity contribution in [2.45, 2.75) is 6.61 Å². The Morgan fingerprint density at radius 2 is 2.17 bits per heavy atom. The largest absolute Gasteiger partial charge is 0.369 e. The predicted octanol–water partition coefficient (Wildman–Crippen LogP) is 3.08. The Morgan fingerprint density at radius 3 is 2.83 bits per heavy atom. The van der Waals surface area contributed by atoms with Crippen molar-refractivity contribution in [2.75, 3.05) is 6.61 Å². The minimum atomic E-state index is -0.0236. The van der Waals surface area contributed by atoms with Gasteiger partial charge in [-0.25, -0.2) is 0 Å². The number of aromatic nitrogens is 1. The van der Waals surface area contributed by atoms with Crippen LogP contribution in [0.5, 0.6) is 0 Å². The van der Waals surface area contributed by atoms with Crippen LogP contribution in [0.2, 0.25) is 5.02 Å². The third kappa shape index (κ3) is 3.22. The molecule has 0 spiro atoms. The molecule has 2 rings (SSSR count). The number of ketones is 1. The van der Waals surface area contributed by atoms with Crippen molar-refractivity contribution in [1.82, 2.24) is 4.57 Å². The van der Waals surface area contributed by atoms with Gasteiger partial charge in [-0.3, -0.25) is 4.79 Å². The van der Waals surface area contributed by atoms with Gasteiger partial charge in [0.15, 0.2) is 0 Å². The zero-order chi connectivity index (χ0) is 13.0. The molecule has 1 heterocycles. The SMILES string of the molecule is Cn1cccc1C(=O)COCc1cccc(Cl)c1. The molecular formula is C14H14ClNO2. The van der Waals surface area contributed by atoms with Crippen LogP contribution in [-0.2, 0) is 18.4 Å². The normalized spacial score (nSPS) is 10.6. The molecule has 0 saturated carbocycles. The molecular weight excluding hydrogens is 250 g/mol. The number of carbonyl (C=O) groups excluding carboxylic acids is 1. The zero-order valence-corrected chi connectivity index (χ0v) is 10.9. The number of halogens is 1. The third-order valence-electron chi connectivity index (χ3n) is 2.62. The van der Waals surface area contributed by atoms with Crippen LogP contribution in [0, 0.1) is 0 Å². The van der Waals surface area contributed by atoms with Crippen LogP contribution < -0.4 is 0 Å². The van der Waals surface area contributed by atoms with Gasteiger partial charge in [-0.1, -0.05) is 23.7 Å². The van der Waals surface area contributed by atoms with Crippen LogP contribution in [0.3, 0.4) is 0 Å². The number of benzene rings is 1. The molecule has 0 unspecified atom stereocenters. The molecule has 1 aromatic carbocycles. The number of ether oxygens (including phenoxy) is 1. The number of rotatable bonds is 5. The second-order valence-corrected chi connectivity index (χ2v) is 4.49. The smallest absolute Gasteiger partial charge is 0.204 e. The molecule has 0 amide bonds. The zero-order valence-electron chi connectivity index (χ0n) is 10.1. The van der Waals surface area contributed by atoms with Crippen molar-refractivity contribution >= 4 is 17.4 Å². The number of hydrogen-bond donors (Lipinski definition) is 0. The van der Waals surface area contributed by atoms with Gasteiger partial charge >= 0.3 is 0 Å². The summed E-state index contributed by atoms with van der Waals surface area (Å²) in [5.74, 6) is -0.0236. The number of Topliss-reactive ketones (excluding diaryl/α,β-unsaturated/α-hetero) is 1. The molecule has 0 aliphatic rings. The molecule has 4 heteroatoms. The van der Waals surface area contributed by atoms with Gasteiger partial charge in [-0.2, -0.15) is 0 Å². The highest BCUT2D eigenvalue weighted by atomic mass is 35.5. The topological polar surface area (TPSA) is 31.2 Å². The highest BCUT2D eigenvalue weighted by Crippen LogP contribution is 2.11. The second kappa shape index (κ2) is 5.85. The van der Waals surface area contributed by atoms with E-state index in [4.69, 9.17) is 16.3 Å². The van der Waals surface area contributed by atoms with E-state index in [0.29, 0.717) is 17.3 Å². The first-order valence-corrected chi connectivity index (χ1v) is 6.01. The average Bonchev–Trinajstić information content (AvgIpc) is 2.75. The Balaban J connectivity index is 1.86. The first-order valence-electron chi connectivity index (χ1n) is 5.63. The lowest BCUT2D eigenvalue weighted by Gasteiger charge is -2.05. The van der Waals surface area contributed by atoms with E-state index < -0.39 is 0 Å². The molecule has 1 aromatic heterocycles. The van der Waals surface area contributed by atoms with Crippen LogP contribution in [0.25, 0.3) is 0 Å². The molecule has 0 fully saturated rings. The fraction of sp³-hybridized carbons (Fsp3) is 0.214. The summed E-state index contributed by atoms with van der Waals surface area (Å²) in [5.41, 5.74) is 1.61. The summed E-state index contributed by atoms with van der Waals surface area (Å²) in [7, 11) is 1.84. The maximum Gasteiger partial charge on any atom is 0.204 e. The Labute approximate surface area is 111 Å². The number of nitrogens with zero attached hydrogens (tertiary/aromatic N) is 1. The fourth-order valence-electron chi connectivity index (χ4n) is 1.71. The summed E-state index contributed by atoms with van der Waals surface area (Å²) in [6, 6.07) is 11.0. The quantitative estimate of drug-likeness (QED) is 0.777. The van der Waals surface area contributed by atoms with Crippen molar-refractivity contribution in [2.24, 2.45) is 7.05 Å². The summed E-state index contributed by atoms with van der Waals surface area (Å²) in [6.07, 6.45) is 1.84. The van der Waals surface area contributed by atoms with E-state index in [2.05, 4.69) is 0 Å². The third-order valence-corrected chi connectivity index (χ3v) is 2.86. The maximum atomic E-state index is 11.8. The summed E-state index contributed by atoms with van der Waals surface area (Å²) in [4.78, 5) is 11.8. The first kappa shape index (κ1) is 12.9. The summed E-state index contributed by atoms with van der Waals surface area (Å²) in [5, 5.41) is 0.671. The molecule has 18 heavy (non-hydrogen) atoms. The fourth-order valence-corrected chi connectivity index (χ4v) is 1.93. The van der Waals surface area contributed by atoms with Gasteiger partial charge in [0, 0.05) is 18.3 Å². The predicted molar refractivity (Wildman–Crippen MR) is 70.9 cm³/mol. The van der Waals surface area contributed by atoms with Gasteiger partial charge in [-0.15, -0.1) is 0 Å². The van der Waals surface area contributed by atoms with E-state index in [1.54, 1.807) is 16.7 Å². The summed E-state index contributed by atoms with van der Waals surface area (Å²) in [6.45, 7) is 0.459. The number of hydrogen-bond acceptors (Lipinski definition) is 2. The van der Waals surface area contributed by atoms with Crippen molar-refractivity contribution in [3.05, 3.63) is 58.9 Å². The number of carbonyl (C=O) groups is 1. The van der Waals surface area contributed by atoms with Gasteiger partial charge in [-0.05, 0) is 29.8 Å². The van der Waals surface area contributed by atoms with Crippen LogP contribution >= 0.6 is 11.6 Å². The molecule has 0 radical (unpaired) electrons. The highest BCUT2D eigenvalue weighted by molar-refractivity contribution is 6.30. The van der Waals surface area contributed by atoms with Crippen LogP contribution in [0.1, 0.15) is 16.1 Å². The molecule has 0 bridgehead atoms. The maximum absolute atomic E-state index is 11.8. The number of aryl methyl sites for hydroxylation is 1. The minimum Gasteiger partial charge on any atom is -0.369 e. The molecule has 0 N–H and O–H groups in total. The Hall–Kier alpha value is -1.58. The van der Waals surface area contributed by atoms with Gasteiger partial charge < -0.3 is 9.30 Å². The first-order chi connectivity index (χ1) is 8.66. The molecule has 0 saturated heterocycles. The van der Waals surface area contributed by atoms with E-state index in [1.165, 1.54) is 0 Å². The van der Waals surface area contributed by atoms with Crippen LogP contribution in [0.15, 0.2) is 42.6 Å². The monoisotopic (exact) mass is 263 g/mol. The van der Waals surface area contributed by atoms with E-state index in [1.807, 2.05) is 37.5 Å². The van der Waals surface area contributed by atoms with Gasteiger partial charge in [0.1, 0.15) is 6.61 Å². The van der Waals surface area contributed by atoms with E-state index in [0.717, 1.165) is 5.56 Å². The highest BCUT2D eigenvalue weighted by Gasteiger charge is 2.08. The lowest BCUT2D eigenvalue weighted by Crippen LogP contribution is -2.12. The molecule has 0 aliphatic carbocycles. The van der Waals surface area contributed by atoms with E-state index >= 15 is 0 Å². The van der Waals surface area contributed by atoms with Gasteiger partial charge in [0.05, 0.1) is 12.3 Å². The molecule has 3 nitrogen and oxygen atoms in total. The van der Waals surface area contributed by atoms with Crippen LogP contribution in [-0.4, -0.2) is 17.0 Å². The lowest BCUT2D eigenvalue weighted by atomic mass is 10.2. The average molecular weight is 264 g/mol. The Kier molecular flexibility index (Phi) is 4.18.